The molecule has 1 unspecified atom stereocenters. The molecule has 5 nitrogen and oxygen atoms in total. The second kappa shape index (κ2) is 14.0. The lowest BCUT2D eigenvalue weighted by atomic mass is 10.0. The predicted molar refractivity (Wildman–Crippen MR) is 125 cm³/mol. The summed E-state index contributed by atoms with van der Waals surface area (Å²) >= 11 is 0. The molecule has 0 saturated carbocycles. The number of ether oxygens (including phenoxy) is 1. The number of guanidine groups is 1. The van der Waals surface area contributed by atoms with E-state index in [0.29, 0.717) is 6.54 Å². The van der Waals surface area contributed by atoms with Gasteiger partial charge in [0.1, 0.15) is 5.75 Å². The summed E-state index contributed by atoms with van der Waals surface area (Å²) in [6.45, 7) is 9.45. The second-order valence-corrected chi connectivity index (χ2v) is 7.06. The highest BCUT2D eigenvalue weighted by Crippen LogP contribution is 2.16. The van der Waals surface area contributed by atoms with Crippen LogP contribution in [0.15, 0.2) is 29.3 Å². The van der Waals surface area contributed by atoms with Crippen LogP contribution in [-0.2, 0) is 6.54 Å². The van der Waals surface area contributed by atoms with Crippen LogP contribution in [0.5, 0.6) is 5.75 Å². The average Bonchev–Trinajstić information content (AvgIpc) is 2.67. The zero-order valence-corrected chi connectivity index (χ0v) is 19.5. The molecule has 154 valence electrons. The normalized spacial score (nSPS) is 17.9. The molecule has 27 heavy (non-hydrogen) atoms. The van der Waals surface area contributed by atoms with Crippen molar-refractivity contribution in [3.05, 3.63) is 29.8 Å². The van der Waals surface area contributed by atoms with E-state index in [1.165, 1.54) is 45.2 Å². The molecule has 0 spiro atoms. The largest absolute Gasteiger partial charge is 0.497 e. The maximum Gasteiger partial charge on any atom is 0.191 e. The molecule has 1 aromatic carbocycles. The molecule has 6 heteroatoms. The van der Waals surface area contributed by atoms with E-state index in [1.54, 1.807) is 7.11 Å². The Morgan fingerprint density at radius 1 is 1.26 bits per heavy atom. The number of nitrogens with zero attached hydrogens (tertiary/aromatic N) is 2. The molecule has 1 aliphatic rings. The number of hydrogen-bond donors (Lipinski definition) is 2. The zero-order valence-electron chi connectivity index (χ0n) is 17.2. The van der Waals surface area contributed by atoms with Crippen LogP contribution in [0.4, 0.5) is 0 Å². The van der Waals surface area contributed by atoms with Crippen LogP contribution in [0.25, 0.3) is 0 Å². The van der Waals surface area contributed by atoms with E-state index >= 15 is 0 Å². The van der Waals surface area contributed by atoms with Gasteiger partial charge in [0.25, 0.3) is 0 Å². The predicted octanol–water partition coefficient (Wildman–Crippen LogP) is 4.02. The maximum atomic E-state index is 5.27. The summed E-state index contributed by atoms with van der Waals surface area (Å²) in [6.07, 6.45) is 6.54. The molecule has 1 aromatic rings. The smallest absolute Gasteiger partial charge is 0.191 e. The van der Waals surface area contributed by atoms with Crippen LogP contribution < -0.4 is 15.4 Å². The highest BCUT2D eigenvalue weighted by Gasteiger charge is 2.16. The lowest BCUT2D eigenvalue weighted by Gasteiger charge is -2.33. The Hall–Kier alpha value is -1.02. The van der Waals surface area contributed by atoms with Gasteiger partial charge in [0.05, 0.1) is 13.7 Å². The van der Waals surface area contributed by atoms with Crippen LogP contribution >= 0.6 is 24.0 Å². The maximum absolute atomic E-state index is 5.27. The number of piperidine rings is 1. The summed E-state index contributed by atoms with van der Waals surface area (Å²) in [6, 6.07) is 8.84. The van der Waals surface area contributed by atoms with Crippen molar-refractivity contribution in [3.8, 4) is 5.75 Å². The van der Waals surface area contributed by atoms with Gasteiger partial charge >= 0.3 is 0 Å². The van der Waals surface area contributed by atoms with Gasteiger partial charge in [-0.25, -0.2) is 4.99 Å². The van der Waals surface area contributed by atoms with Crippen LogP contribution in [0, 0.1) is 0 Å². The van der Waals surface area contributed by atoms with Crippen LogP contribution in [-0.4, -0.2) is 50.2 Å². The van der Waals surface area contributed by atoms with E-state index in [0.717, 1.165) is 36.4 Å². The number of methoxy groups -OCH3 is 1. The lowest BCUT2D eigenvalue weighted by Crippen LogP contribution is -2.39. The van der Waals surface area contributed by atoms with Gasteiger partial charge in [-0.15, -0.1) is 24.0 Å². The number of benzene rings is 1. The summed E-state index contributed by atoms with van der Waals surface area (Å²) in [5.41, 5.74) is 1.15. The van der Waals surface area contributed by atoms with E-state index < -0.39 is 0 Å². The first-order chi connectivity index (χ1) is 12.7. The van der Waals surface area contributed by atoms with Gasteiger partial charge < -0.3 is 20.3 Å². The van der Waals surface area contributed by atoms with Gasteiger partial charge in [0, 0.05) is 19.1 Å². The molecule has 1 aliphatic heterocycles. The first kappa shape index (κ1) is 24.0. The fourth-order valence-electron chi connectivity index (χ4n) is 3.42. The van der Waals surface area contributed by atoms with Gasteiger partial charge in [-0.2, -0.15) is 0 Å². The summed E-state index contributed by atoms with van der Waals surface area (Å²) < 4.78 is 5.27. The van der Waals surface area contributed by atoms with Crippen molar-refractivity contribution >= 4 is 29.9 Å². The van der Waals surface area contributed by atoms with Crippen molar-refractivity contribution in [2.24, 2.45) is 4.99 Å². The SMILES string of the molecule is CCNC(=NCc1cccc(OC)c1)NCCCCN1CCCCC1C.I. The Bertz CT molecular complexity index is 553. The molecule has 0 bridgehead atoms. The fraction of sp³-hybridized carbons (Fsp3) is 0.667. The van der Waals surface area contributed by atoms with Crippen molar-refractivity contribution in [2.45, 2.75) is 58.5 Å². The molecule has 2 N–H and O–H groups in total. The molecule has 1 heterocycles. The minimum Gasteiger partial charge on any atom is -0.497 e. The Balaban J connectivity index is 0.00000364. The minimum atomic E-state index is 0. The number of rotatable bonds is 9. The number of nitrogens with one attached hydrogen (secondary N) is 2. The van der Waals surface area contributed by atoms with Crippen molar-refractivity contribution in [1.29, 1.82) is 0 Å². The third-order valence-corrected chi connectivity index (χ3v) is 5.00. The number of halogens is 1. The van der Waals surface area contributed by atoms with Crippen LogP contribution in [0.1, 0.15) is 51.5 Å². The highest BCUT2D eigenvalue weighted by molar-refractivity contribution is 14.0. The van der Waals surface area contributed by atoms with Gasteiger partial charge in [-0.3, -0.25) is 0 Å². The number of hydrogen-bond acceptors (Lipinski definition) is 3. The van der Waals surface area contributed by atoms with E-state index in [-0.39, 0.29) is 24.0 Å². The quantitative estimate of drug-likeness (QED) is 0.239. The van der Waals surface area contributed by atoms with Gasteiger partial charge in [0.15, 0.2) is 5.96 Å². The van der Waals surface area contributed by atoms with E-state index in [9.17, 15) is 0 Å². The Morgan fingerprint density at radius 3 is 2.85 bits per heavy atom. The van der Waals surface area contributed by atoms with Crippen LogP contribution in [0.2, 0.25) is 0 Å². The molecule has 0 radical (unpaired) electrons. The zero-order chi connectivity index (χ0) is 18.6. The van der Waals surface area contributed by atoms with Gasteiger partial charge in [0.2, 0.25) is 0 Å². The molecular weight excluding hydrogens is 451 g/mol. The summed E-state index contributed by atoms with van der Waals surface area (Å²) in [4.78, 5) is 7.33. The van der Waals surface area contributed by atoms with Crippen molar-refractivity contribution in [2.75, 3.05) is 33.3 Å². The van der Waals surface area contributed by atoms with Crippen molar-refractivity contribution in [3.63, 3.8) is 0 Å². The molecular formula is C21H37IN4O. The molecule has 1 fully saturated rings. The van der Waals surface area contributed by atoms with Gasteiger partial charge in [-0.05, 0) is 70.3 Å². The molecule has 1 atom stereocenters. The topological polar surface area (TPSA) is 48.9 Å². The lowest BCUT2D eigenvalue weighted by molar-refractivity contribution is 0.158. The average molecular weight is 488 g/mol. The van der Waals surface area contributed by atoms with Crippen molar-refractivity contribution < 1.29 is 4.74 Å². The molecule has 0 aromatic heterocycles. The summed E-state index contributed by atoms with van der Waals surface area (Å²) in [7, 11) is 1.69. The molecule has 2 rings (SSSR count). The molecule has 0 amide bonds. The third kappa shape index (κ3) is 9.14. The fourth-order valence-corrected chi connectivity index (χ4v) is 3.42. The van der Waals surface area contributed by atoms with E-state index in [1.807, 2.05) is 18.2 Å². The summed E-state index contributed by atoms with van der Waals surface area (Å²) in [5, 5.41) is 6.78. The standard InChI is InChI=1S/C21H36N4O.HI/c1-4-22-21(24-17-19-11-9-12-20(16-19)26-3)23-13-6-8-15-25-14-7-5-10-18(25)2;/h9,11-12,16,18H,4-8,10,13-15,17H2,1-3H3,(H2,22,23,24);1H. The minimum absolute atomic E-state index is 0. The Morgan fingerprint density at radius 2 is 2.11 bits per heavy atom. The molecule has 1 saturated heterocycles. The number of likely N-dealkylation sites (tertiary alicyclic amines) is 1. The van der Waals surface area contributed by atoms with E-state index in [2.05, 4.69) is 40.4 Å². The number of unbranched alkanes of at least 4 members (excludes halogenated alkanes) is 1. The van der Waals surface area contributed by atoms with Crippen molar-refractivity contribution in [1.82, 2.24) is 15.5 Å². The third-order valence-electron chi connectivity index (χ3n) is 5.00. The first-order valence-electron chi connectivity index (χ1n) is 10.1. The Kier molecular flexibility index (Phi) is 12.5. The van der Waals surface area contributed by atoms with Gasteiger partial charge in [-0.1, -0.05) is 18.6 Å². The second-order valence-electron chi connectivity index (χ2n) is 7.06. The van der Waals surface area contributed by atoms with E-state index in [4.69, 9.17) is 4.74 Å². The highest BCUT2D eigenvalue weighted by atomic mass is 127. The number of aliphatic imine (C=N–C) groups is 1. The Labute approximate surface area is 182 Å². The first-order valence-corrected chi connectivity index (χ1v) is 10.1. The summed E-state index contributed by atoms with van der Waals surface area (Å²) in [5.74, 6) is 1.77. The monoisotopic (exact) mass is 488 g/mol. The molecule has 0 aliphatic carbocycles. The van der Waals surface area contributed by atoms with Crippen LogP contribution in [0.3, 0.4) is 0 Å².